The van der Waals surface area contributed by atoms with Crippen LogP contribution in [0.1, 0.15) is 22.3 Å². The van der Waals surface area contributed by atoms with Crippen LogP contribution >= 0.6 is 0 Å². The maximum atomic E-state index is 2.56. The molecule has 2 aliphatic rings. The summed E-state index contributed by atoms with van der Waals surface area (Å²) in [6.07, 6.45) is 0. The van der Waals surface area contributed by atoms with Crippen LogP contribution in [0.4, 0.5) is 0 Å². The van der Waals surface area contributed by atoms with Crippen molar-refractivity contribution in [1.29, 1.82) is 0 Å². The Labute approximate surface area is 273 Å². The standard InChI is InChI=1S/C47H28/c1-2-14-30-29(13-1)25-26-34-31-15-3-4-16-32(31)40(27-39(30)34)41-28-45-46(37-20-6-5-17-33(37)41)38-21-9-12-24-44(38)47(45)42-22-10-7-18-35(42)36-19-8-11-23-43(36)47/h1-28H. The van der Waals surface area contributed by atoms with Gasteiger partial charge in [-0.2, -0.15) is 0 Å². The zero-order valence-electron chi connectivity index (χ0n) is 25.7. The highest BCUT2D eigenvalue weighted by Crippen LogP contribution is 2.64. The lowest BCUT2D eigenvalue weighted by atomic mass is 9.70. The molecule has 0 N–H and O–H groups in total. The maximum absolute atomic E-state index is 2.56. The van der Waals surface area contributed by atoms with Gasteiger partial charge in [-0.3, -0.25) is 0 Å². The van der Waals surface area contributed by atoms with Crippen molar-refractivity contribution < 1.29 is 0 Å². The summed E-state index contributed by atoms with van der Waals surface area (Å²) < 4.78 is 0. The molecule has 0 fully saturated rings. The zero-order valence-corrected chi connectivity index (χ0v) is 25.7. The average Bonchev–Trinajstić information content (AvgIpc) is 3.61. The summed E-state index contributed by atoms with van der Waals surface area (Å²) in [6.45, 7) is 0. The molecular formula is C47H28. The number of hydrogen-bond donors (Lipinski definition) is 0. The topological polar surface area (TPSA) is 0 Å². The van der Waals surface area contributed by atoms with Gasteiger partial charge >= 0.3 is 0 Å². The second-order valence-corrected chi connectivity index (χ2v) is 13.1. The Bertz CT molecular complexity index is 2750. The van der Waals surface area contributed by atoms with Crippen molar-refractivity contribution in [2.45, 2.75) is 5.41 Å². The normalized spacial score (nSPS) is 13.7. The first kappa shape index (κ1) is 25.2. The summed E-state index contributed by atoms with van der Waals surface area (Å²) in [4.78, 5) is 0. The van der Waals surface area contributed by atoms with Crippen molar-refractivity contribution in [1.82, 2.24) is 0 Å². The first-order valence-electron chi connectivity index (χ1n) is 16.5. The molecule has 0 saturated carbocycles. The smallest absolute Gasteiger partial charge is 0.0619 e. The van der Waals surface area contributed by atoms with Crippen molar-refractivity contribution in [3.63, 3.8) is 0 Å². The lowest BCUT2D eigenvalue weighted by molar-refractivity contribution is 0.795. The quantitative estimate of drug-likeness (QED) is 0.166. The van der Waals surface area contributed by atoms with E-state index >= 15 is 0 Å². The Morgan fingerprint density at radius 1 is 0.255 bits per heavy atom. The molecule has 0 saturated heterocycles. The van der Waals surface area contributed by atoms with Gasteiger partial charge in [-0.1, -0.05) is 158 Å². The van der Waals surface area contributed by atoms with Crippen LogP contribution in [0.5, 0.6) is 0 Å². The molecule has 9 aromatic rings. The van der Waals surface area contributed by atoms with Gasteiger partial charge < -0.3 is 0 Å². The van der Waals surface area contributed by atoms with Crippen molar-refractivity contribution in [3.8, 4) is 33.4 Å². The largest absolute Gasteiger partial charge is 0.0725 e. The second-order valence-electron chi connectivity index (χ2n) is 13.1. The van der Waals surface area contributed by atoms with E-state index in [1.54, 1.807) is 0 Å². The van der Waals surface area contributed by atoms with Crippen LogP contribution in [0.15, 0.2) is 170 Å². The van der Waals surface area contributed by atoms with Gasteiger partial charge in [0, 0.05) is 0 Å². The van der Waals surface area contributed by atoms with E-state index in [2.05, 4.69) is 170 Å². The Balaban J connectivity index is 1.35. The van der Waals surface area contributed by atoms with Gasteiger partial charge in [0.25, 0.3) is 0 Å². The fourth-order valence-corrected chi connectivity index (χ4v) is 9.26. The lowest BCUT2D eigenvalue weighted by Crippen LogP contribution is -2.25. The first-order valence-corrected chi connectivity index (χ1v) is 16.5. The molecule has 216 valence electrons. The number of benzene rings is 9. The van der Waals surface area contributed by atoms with Crippen LogP contribution in [0.3, 0.4) is 0 Å². The first-order chi connectivity index (χ1) is 23.3. The summed E-state index contributed by atoms with van der Waals surface area (Å²) >= 11 is 0. The monoisotopic (exact) mass is 592 g/mol. The number of fused-ring (bicyclic) bond motifs is 17. The molecule has 0 amide bonds. The molecule has 0 aliphatic heterocycles. The minimum Gasteiger partial charge on any atom is -0.0619 e. The number of rotatable bonds is 1. The molecule has 47 heavy (non-hydrogen) atoms. The van der Waals surface area contributed by atoms with Crippen molar-refractivity contribution in [2.75, 3.05) is 0 Å². The molecule has 0 aromatic heterocycles. The van der Waals surface area contributed by atoms with Gasteiger partial charge in [0.1, 0.15) is 0 Å². The van der Waals surface area contributed by atoms with Crippen molar-refractivity contribution >= 4 is 43.1 Å². The van der Waals surface area contributed by atoms with Crippen LogP contribution in [0.25, 0.3) is 76.5 Å². The highest BCUT2D eigenvalue weighted by molar-refractivity contribution is 6.23. The molecule has 0 heterocycles. The van der Waals surface area contributed by atoms with Crippen LogP contribution < -0.4 is 0 Å². The highest BCUT2D eigenvalue weighted by Gasteiger charge is 2.52. The van der Waals surface area contributed by atoms with Crippen LogP contribution in [0, 0.1) is 0 Å². The molecule has 1 spiro atoms. The van der Waals surface area contributed by atoms with Gasteiger partial charge in [-0.05, 0) is 111 Å². The summed E-state index contributed by atoms with van der Waals surface area (Å²) in [6, 6.07) is 63.8. The summed E-state index contributed by atoms with van der Waals surface area (Å²) in [5.41, 5.74) is 13.1. The van der Waals surface area contributed by atoms with Crippen LogP contribution in [-0.4, -0.2) is 0 Å². The van der Waals surface area contributed by atoms with E-state index in [0.717, 1.165) is 0 Å². The highest BCUT2D eigenvalue weighted by atomic mass is 14.5. The molecule has 0 heteroatoms. The molecule has 2 aliphatic carbocycles. The van der Waals surface area contributed by atoms with Crippen molar-refractivity contribution in [3.05, 3.63) is 192 Å². The molecule has 0 bridgehead atoms. The summed E-state index contributed by atoms with van der Waals surface area (Å²) in [7, 11) is 0. The van der Waals surface area contributed by atoms with Crippen molar-refractivity contribution in [2.24, 2.45) is 0 Å². The molecule has 0 radical (unpaired) electrons. The predicted molar refractivity (Wildman–Crippen MR) is 198 cm³/mol. The third kappa shape index (κ3) is 3.08. The van der Waals surface area contributed by atoms with Gasteiger partial charge in [0.2, 0.25) is 0 Å². The number of hydrogen-bond acceptors (Lipinski definition) is 0. The third-order valence-corrected chi connectivity index (χ3v) is 11.1. The Morgan fingerprint density at radius 2 is 0.723 bits per heavy atom. The Hall–Kier alpha value is -5.98. The fourth-order valence-electron chi connectivity index (χ4n) is 9.26. The fraction of sp³-hybridized carbons (Fsp3) is 0.0213. The molecular weight excluding hydrogens is 565 g/mol. The molecule has 11 rings (SSSR count). The SMILES string of the molecule is c1ccc2c(c1)-c1ccccc1C21c2ccccc2-c2c1cc(-c1cc3c4ccccc4ccc3c3ccccc13)c1ccccc21. The minimum absolute atomic E-state index is 0.392. The molecule has 0 unspecified atom stereocenters. The summed E-state index contributed by atoms with van der Waals surface area (Å²) in [5.74, 6) is 0. The van der Waals surface area contributed by atoms with E-state index in [1.165, 1.54) is 98.7 Å². The maximum Gasteiger partial charge on any atom is 0.0725 e. The zero-order chi connectivity index (χ0) is 30.7. The molecule has 9 aromatic carbocycles. The van der Waals surface area contributed by atoms with E-state index in [1.807, 2.05) is 0 Å². The summed E-state index contributed by atoms with van der Waals surface area (Å²) in [5, 5.41) is 10.4. The van der Waals surface area contributed by atoms with Gasteiger partial charge in [0.15, 0.2) is 0 Å². The van der Waals surface area contributed by atoms with Crippen LogP contribution in [0.2, 0.25) is 0 Å². The van der Waals surface area contributed by atoms with Gasteiger partial charge in [-0.25, -0.2) is 0 Å². The van der Waals surface area contributed by atoms with E-state index < -0.39 is 5.41 Å². The average molecular weight is 593 g/mol. The lowest BCUT2D eigenvalue weighted by Gasteiger charge is -2.31. The van der Waals surface area contributed by atoms with E-state index in [0.29, 0.717) is 0 Å². The third-order valence-electron chi connectivity index (χ3n) is 11.1. The van der Waals surface area contributed by atoms with Gasteiger partial charge in [-0.15, -0.1) is 0 Å². The predicted octanol–water partition coefficient (Wildman–Crippen LogP) is 12.3. The Kier molecular flexibility index (Phi) is 4.86. The van der Waals surface area contributed by atoms with Crippen LogP contribution in [-0.2, 0) is 5.41 Å². The van der Waals surface area contributed by atoms with E-state index in [4.69, 9.17) is 0 Å². The van der Waals surface area contributed by atoms with E-state index in [9.17, 15) is 0 Å². The van der Waals surface area contributed by atoms with Gasteiger partial charge in [0.05, 0.1) is 5.41 Å². The minimum atomic E-state index is -0.392. The molecule has 0 nitrogen and oxygen atoms in total. The molecule has 0 atom stereocenters. The Morgan fingerprint density at radius 3 is 1.43 bits per heavy atom. The second kappa shape index (κ2) is 9.06. The van der Waals surface area contributed by atoms with E-state index in [-0.39, 0.29) is 0 Å².